The molecule has 0 saturated carbocycles. The van der Waals surface area contributed by atoms with Gasteiger partial charge < -0.3 is 9.47 Å². The molecular weight excluding hydrogens is 248 g/mol. The molecule has 0 bridgehead atoms. The van der Waals surface area contributed by atoms with E-state index in [4.69, 9.17) is 9.47 Å². The van der Waals surface area contributed by atoms with Crippen LogP contribution < -0.4 is 9.47 Å². The maximum Gasteiger partial charge on any atom is 0.118 e. The first-order chi connectivity index (χ1) is 9.72. The Morgan fingerprint density at radius 1 is 0.800 bits per heavy atom. The summed E-state index contributed by atoms with van der Waals surface area (Å²) in [5.74, 6) is 2.37. The van der Waals surface area contributed by atoms with E-state index in [2.05, 4.69) is 31.2 Å². The lowest BCUT2D eigenvalue weighted by Gasteiger charge is -2.12. The highest BCUT2D eigenvalue weighted by Crippen LogP contribution is 2.24. The lowest BCUT2D eigenvalue weighted by Crippen LogP contribution is -1.97. The van der Waals surface area contributed by atoms with Gasteiger partial charge in [-0.15, -0.1) is 0 Å². The number of hydrogen-bond donors (Lipinski definition) is 0. The molecule has 0 amide bonds. The first-order valence-corrected chi connectivity index (χ1v) is 7.00. The Morgan fingerprint density at radius 2 is 1.30 bits per heavy atom. The lowest BCUT2D eigenvalue weighted by molar-refractivity contribution is 0.414. The van der Waals surface area contributed by atoms with Gasteiger partial charge in [0.05, 0.1) is 14.2 Å². The molecule has 1 atom stereocenters. The predicted octanol–water partition coefficient (Wildman–Crippen LogP) is 4.44. The number of ether oxygens (including phenoxy) is 2. The molecule has 0 aromatic heterocycles. The molecule has 20 heavy (non-hydrogen) atoms. The Morgan fingerprint density at radius 3 is 1.80 bits per heavy atom. The summed E-state index contributed by atoms with van der Waals surface area (Å²) in [6.45, 7) is 2.27. The smallest absolute Gasteiger partial charge is 0.118 e. The van der Waals surface area contributed by atoms with Gasteiger partial charge in [0, 0.05) is 0 Å². The van der Waals surface area contributed by atoms with Crippen LogP contribution in [0.25, 0.3) is 0 Å². The van der Waals surface area contributed by atoms with Crippen LogP contribution in [0.4, 0.5) is 0 Å². The minimum atomic E-state index is 0.544. The second kappa shape index (κ2) is 6.99. The summed E-state index contributed by atoms with van der Waals surface area (Å²) in [6, 6.07) is 16.7. The van der Waals surface area contributed by atoms with Crippen molar-refractivity contribution < 1.29 is 9.47 Å². The second-order valence-corrected chi connectivity index (χ2v) is 5.06. The molecule has 2 heteroatoms. The van der Waals surface area contributed by atoms with Crippen LogP contribution in [0.3, 0.4) is 0 Å². The zero-order valence-electron chi connectivity index (χ0n) is 12.4. The van der Waals surface area contributed by atoms with E-state index >= 15 is 0 Å². The molecule has 2 aromatic rings. The summed E-state index contributed by atoms with van der Waals surface area (Å²) in [5, 5.41) is 0. The quantitative estimate of drug-likeness (QED) is 0.772. The van der Waals surface area contributed by atoms with E-state index in [-0.39, 0.29) is 0 Å². The largest absolute Gasteiger partial charge is 0.497 e. The zero-order valence-corrected chi connectivity index (χ0v) is 12.4. The first-order valence-electron chi connectivity index (χ1n) is 7.00. The summed E-state index contributed by atoms with van der Waals surface area (Å²) in [7, 11) is 3.39. The minimum Gasteiger partial charge on any atom is -0.497 e. The summed E-state index contributed by atoms with van der Waals surface area (Å²) < 4.78 is 10.4. The van der Waals surface area contributed by atoms with E-state index in [1.165, 1.54) is 11.1 Å². The zero-order chi connectivity index (χ0) is 14.4. The van der Waals surface area contributed by atoms with Crippen LogP contribution in [0.2, 0.25) is 0 Å². The molecule has 0 aliphatic heterocycles. The molecule has 0 saturated heterocycles. The van der Waals surface area contributed by atoms with Crippen molar-refractivity contribution in [2.45, 2.75) is 25.7 Å². The van der Waals surface area contributed by atoms with Gasteiger partial charge in [-0.1, -0.05) is 31.2 Å². The second-order valence-electron chi connectivity index (χ2n) is 5.06. The third-order valence-corrected chi connectivity index (χ3v) is 3.71. The molecule has 0 spiro atoms. The topological polar surface area (TPSA) is 18.5 Å². The van der Waals surface area contributed by atoms with Crippen LogP contribution in [0, 0.1) is 0 Å². The Balaban J connectivity index is 1.91. The highest BCUT2D eigenvalue weighted by molar-refractivity contribution is 5.30. The van der Waals surface area contributed by atoms with Gasteiger partial charge in [0.15, 0.2) is 0 Å². The van der Waals surface area contributed by atoms with Gasteiger partial charge in [-0.3, -0.25) is 0 Å². The lowest BCUT2D eigenvalue weighted by atomic mass is 9.94. The summed E-state index contributed by atoms with van der Waals surface area (Å²) in [4.78, 5) is 0. The third-order valence-electron chi connectivity index (χ3n) is 3.71. The fourth-order valence-electron chi connectivity index (χ4n) is 2.27. The fraction of sp³-hybridized carbons (Fsp3) is 0.333. The van der Waals surface area contributed by atoms with E-state index in [9.17, 15) is 0 Å². The maximum absolute atomic E-state index is 5.19. The van der Waals surface area contributed by atoms with Gasteiger partial charge in [-0.05, 0) is 54.2 Å². The number of methoxy groups -OCH3 is 2. The number of benzene rings is 2. The Bertz CT molecular complexity index is 514. The molecule has 106 valence electrons. The van der Waals surface area contributed by atoms with Crippen LogP contribution in [0.1, 0.15) is 30.4 Å². The average molecular weight is 270 g/mol. The van der Waals surface area contributed by atoms with E-state index in [1.54, 1.807) is 14.2 Å². The fourth-order valence-corrected chi connectivity index (χ4v) is 2.27. The number of aryl methyl sites for hydroxylation is 1. The van der Waals surface area contributed by atoms with Gasteiger partial charge in [-0.25, -0.2) is 0 Å². The number of hydrogen-bond acceptors (Lipinski definition) is 2. The van der Waals surface area contributed by atoms with Crippen molar-refractivity contribution >= 4 is 0 Å². The molecule has 0 aliphatic rings. The van der Waals surface area contributed by atoms with Gasteiger partial charge >= 0.3 is 0 Å². The van der Waals surface area contributed by atoms with E-state index < -0.39 is 0 Å². The van der Waals surface area contributed by atoms with E-state index in [0.29, 0.717) is 5.92 Å². The first kappa shape index (κ1) is 14.4. The van der Waals surface area contributed by atoms with Crippen LogP contribution in [0.15, 0.2) is 48.5 Å². The molecular formula is C18H22O2. The van der Waals surface area contributed by atoms with E-state index in [1.807, 2.05) is 24.3 Å². The highest BCUT2D eigenvalue weighted by atomic mass is 16.5. The summed E-state index contributed by atoms with van der Waals surface area (Å²) in [6.07, 6.45) is 2.22. The molecule has 2 nitrogen and oxygen atoms in total. The summed E-state index contributed by atoms with van der Waals surface area (Å²) in [5.41, 5.74) is 2.71. The van der Waals surface area contributed by atoms with Crippen LogP contribution in [-0.4, -0.2) is 14.2 Å². The highest BCUT2D eigenvalue weighted by Gasteiger charge is 2.06. The molecule has 0 heterocycles. The van der Waals surface area contributed by atoms with Crippen molar-refractivity contribution in [3.63, 3.8) is 0 Å². The third kappa shape index (κ3) is 3.77. The average Bonchev–Trinajstić information content (AvgIpc) is 2.53. The van der Waals surface area contributed by atoms with Gasteiger partial charge in [0.1, 0.15) is 11.5 Å². The molecule has 1 unspecified atom stereocenters. The minimum absolute atomic E-state index is 0.544. The van der Waals surface area contributed by atoms with Gasteiger partial charge in [0.2, 0.25) is 0 Å². The Labute approximate surface area is 121 Å². The van der Waals surface area contributed by atoms with Crippen molar-refractivity contribution in [1.29, 1.82) is 0 Å². The SMILES string of the molecule is COc1ccc(CCC(C)c2ccc(OC)cc2)cc1. The van der Waals surface area contributed by atoms with Crippen molar-refractivity contribution in [2.24, 2.45) is 0 Å². The Kier molecular flexibility index (Phi) is 5.05. The normalized spacial score (nSPS) is 11.9. The summed E-state index contributed by atoms with van der Waals surface area (Å²) >= 11 is 0. The standard InChI is InChI=1S/C18H22O2/c1-14(16-8-12-18(20-3)13-9-16)4-5-15-6-10-17(19-2)11-7-15/h6-14H,4-5H2,1-3H3. The molecule has 2 rings (SSSR count). The van der Waals surface area contributed by atoms with Crippen LogP contribution >= 0.6 is 0 Å². The number of rotatable bonds is 6. The monoisotopic (exact) mass is 270 g/mol. The van der Waals surface area contributed by atoms with Crippen molar-refractivity contribution in [1.82, 2.24) is 0 Å². The van der Waals surface area contributed by atoms with Gasteiger partial charge in [-0.2, -0.15) is 0 Å². The van der Waals surface area contributed by atoms with Crippen LogP contribution in [-0.2, 0) is 6.42 Å². The molecule has 0 N–H and O–H groups in total. The van der Waals surface area contributed by atoms with Crippen molar-refractivity contribution in [3.05, 3.63) is 59.7 Å². The van der Waals surface area contributed by atoms with Crippen LogP contribution in [0.5, 0.6) is 11.5 Å². The Hall–Kier alpha value is -1.96. The molecule has 0 fully saturated rings. The predicted molar refractivity (Wildman–Crippen MR) is 82.7 cm³/mol. The van der Waals surface area contributed by atoms with Crippen molar-refractivity contribution in [2.75, 3.05) is 14.2 Å². The molecule has 0 aliphatic carbocycles. The van der Waals surface area contributed by atoms with E-state index in [0.717, 1.165) is 24.3 Å². The maximum atomic E-state index is 5.19. The van der Waals surface area contributed by atoms with Gasteiger partial charge in [0.25, 0.3) is 0 Å². The van der Waals surface area contributed by atoms with Crippen molar-refractivity contribution in [3.8, 4) is 11.5 Å². The molecule has 0 radical (unpaired) electrons. The molecule has 2 aromatic carbocycles.